The third-order valence-corrected chi connectivity index (χ3v) is 3.07. The normalized spacial score (nSPS) is 21.3. The van der Waals surface area contributed by atoms with E-state index >= 15 is 0 Å². The molecule has 108 valence electrons. The van der Waals surface area contributed by atoms with Crippen LogP contribution in [0.4, 0.5) is 13.6 Å². The molecule has 0 spiro atoms. The molecule has 1 aliphatic rings. The number of hydrogen-bond acceptors (Lipinski definition) is 4. The maximum absolute atomic E-state index is 13.2. The van der Waals surface area contributed by atoms with E-state index in [1.54, 1.807) is 0 Å². The molecule has 0 radical (unpaired) electrons. The highest BCUT2D eigenvalue weighted by Gasteiger charge is 2.28. The van der Waals surface area contributed by atoms with E-state index in [0.717, 1.165) is 6.07 Å². The zero-order chi connectivity index (χ0) is 14.7. The molecule has 0 saturated heterocycles. The number of methoxy groups -OCH3 is 1. The average molecular weight is 283 g/mol. The van der Waals surface area contributed by atoms with Crippen molar-refractivity contribution in [3.63, 3.8) is 0 Å². The Morgan fingerprint density at radius 2 is 2.00 bits per heavy atom. The average Bonchev–Trinajstić information content (AvgIpc) is 2.76. The smallest absolute Gasteiger partial charge is 0.425 e. The van der Waals surface area contributed by atoms with Gasteiger partial charge in [-0.25, -0.2) is 19.0 Å². The van der Waals surface area contributed by atoms with Crippen molar-refractivity contribution in [2.45, 2.75) is 19.4 Å². The summed E-state index contributed by atoms with van der Waals surface area (Å²) in [4.78, 5) is 15.3. The Labute approximate surface area is 115 Å². The van der Waals surface area contributed by atoms with Crippen LogP contribution in [0.15, 0.2) is 23.2 Å². The van der Waals surface area contributed by atoms with E-state index in [1.165, 1.54) is 19.2 Å². The van der Waals surface area contributed by atoms with Crippen molar-refractivity contribution in [3.8, 4) is 0 Å². The molecule has 1 heterocycles. The predicted octanol–water partition coefficient (Wildman–Crippen LogP) is 2.30. The molecule has 1 aromatic rings. The zero-order valence-electron chi connectivity index (χ0n) is 11.1. The molecule has 2 atom stereocenters. The van der Waals surface area contributed by atoms with Gasteiger partial charge in [0.15, 0.2) is 0 Å². The SMILES string of the molecule is COC(=O)NNC1=NC(c2cc(F)cc(F)c2)C(C)C1. The number of nitrogens with zero attached hydrogens (tertiary/aromatic N) is 1. The molecule has 0 saturated carbocycles. The molecule has 0 aromatic heterocycles. The van der Waals surface area contributed by atoms with Gasteiger partial charge >= 0.3 is 6.09 Å². The molecule has 1 amide bonds. The zero-order valence-corrected chi connectivity index (χ0v) is 11.1. The molecule has 0 bridgehead atoms. The number of amidine groups is 1. The molecule has 0 aliphatic carbocycles. The van der Waals surface area contributed by atoms with Gasteiger partial charge in [0, 0.05) is 12.5 Å². The highest BCUT2D eigenvalue weighted by atomic mass is 19.1. The van der Waals surface area contributed by atoms with Gasteiger partial charge in [-0.1, -0.05) is 6.92 Å². The van der Waals surface area contributed by atoms with Crippen molar-refractivity contribution in [1.82, 2.24) is 10.9 Å². The summed E-state index contributed by atoms with van der Waals surface area (Å²) < 4.78 is 30.9. The summed E-state index contributed by atoms with van der Waals surface area (Å²) in [6.45, 7) is 1.92. The third kappa shape index (κ3) is 3.23. The molecule has 2 unspecified atom stereocenters. The third-order valence-electron chi connectivity index (χ3n) is 3.07. The molecule has 5 nitrogen and oxygen atoms in total. The van der Waals surface area contributed by atoms with Crippen LogP contribution in [-0.2, 0) is 4.74 Å². The summed E-state index contributed by atoms with van der Waals surface area (Å²) in [5.74, 6) is -0.649. The fourth-order valence-electron chi connectivity index (χ4n) is 2.17. The topological polar surface area (TPSA) is 62.7 Å². The Bertz CT molecular complexity index is 528. The Hall–Kier alpha value is -2.18. The lowest BCUT2D eigenvalue weighted by Crippen LogP contribution is -2.41. The number of halogens is 2. The number of benzene rings is 1. The first-order chi connectivity index (χ1) is 9.49. The molecule has 7 heteroatoms. The summed E-state index contributed by atoms with van der Waals surface area (Å²) in [5, 5.41) is 0. The van der Waals surface area contributed by atoms with Gasteiger partial charge in [-0.15, -0.1) is 0 Å². The number of hydrogen-bond donors (Lipinski definition) is 2. The molecular weight excluding hydrogens is 268 g/mol. The van der Waals surface area contributed by atoms with Crippen LogP contribution in [0.3, 0.4) is 0 Å². The van der Waals surface area contributed by atoms with Crippen LogP contribution in [-0.4, -0.2) is 19.0 Å². The first-order valence-electron chi connectivity index (χ1n) is 6.12. The number of rotatable bonds is 1. The molecule has 2 N–H and O–H groups in total. The molecule has 1 aliphatic heterocycles. The van der Waals surface area contributed by atoms with Crippen molar-refractivity contribution in [1.29, 1.82) is 0 Å². The van der Waals surface area contributed by atoms with Gasteiger partial charge in [-0.05, 0) is 23.6 Å². The lowest BCUT2D eigenvalue weighted by Gasteiger charge is -2.13. The van der Waals surface area contributed by atoms with Crippen molar-refractivity contribution in [3.05, 3.63) is 35.4 Å². The highest BCUT2D eigenvalue weighted by Crippen LogP contribution is 2.34. The molecule has 20 heavy (non-hydrogen) atoms. The van der Waals surface area contributed by atoms with Crippen molar-refractivity contribution in [2.75, 3.05) is 7.11 Å². The minimum Gasteiger partial charge on any atom is -0.452 e. The number of nitrogens with one attached hydrogen (secondary N) is 2. The highest BCUT2D eigenvalue weighted by molar-refractivity contribution is 5.86. The minimum atomic E-state index is -0.638. The first kappa shape index (κ1) is 14.2. The minimum absolute atomic E-state index is 0.0677. The van der Waals surface area contributed by atoms with Crippen LogP contribution in [0.2, 0.25) is 0 Å². The van der Waals surface area contributed by atoms with Gasteiger partial charge < -0.3 is 4.74 Å². The van der Waals surface area contributed by atoms with E-state index in [4.69, 9.17) is 0 Å². The van der Waals surface area contributed by atoms with E-state index in [2.05, 4.69) is 20.6 Å². The second kappa shape index (κ2) is 5.85. The Morgan fingerprint density at radius 3 is 2.60 bits per heavy atom. The number of carbonyl (C=O) groups excluding carboxylic acids is 1. The predicted molar refractivity (Wildman–Crippen MR) is 69.0 cm³/mol. The van der Waals surface area contributed by atoms with Crippen molar-refractivity contribution < 1.29 is 18.3 Å². The number of amides is 1. The number of carbonyl (C=O) groups is 1. The lowest BCUT2D eigenvalue weighted by atomic mass is 9.95. The van der Waals surface area contributed by atoms with Gasteiger partial charge in [-0.2, -0.15) is 0 Å². The summed E-state index contributed by atoms with van der Waals surface area (Å²) in [6, 6.07) is 3.02. The molecule has 0 fully saturated rings. The Morgan fingerprint density at radius 1 is 1.35 bits per heavy atom. The molecule has 2 rings (SSSR count). The van der Waals surface area contributed by atoms with Crippen LogP contribution in [0.5, 0.6) is 0 Å². The second-order valence-electron chi connectivity index (χ2n) is 4.65. The summed E-state index contributed by atoms with van der Waals surface area (Å²) in [5.41, 5.74) is 5.41. The van der Waals surface area contributed by atoms with Crippen LogP contribution in [0.25, 0.3) is 0 Å². The van der Waals surface area contributed by atoms with E-state index in [9.17, 15) is 13.6 Å². The van der Waals surface area contributed by atoms with E-state index in [1.807, 2.05) is 6.92 Å². The molecular formula is C13H15F2N3O2. The van der Waals surface area contributed by atoms with Crippen LogP contribution in [0, 0.1) is 17.6 Å². The summed E-state index contributed by atoms with van der Waals surface area (Å²) in [7, 11) is 1.24. The van der Waals surface area contributed by atoms with Crippen molar-refractivity contribution in [2.24, 2.45) is 10.9 Å². The summed E-state index contributed by atoms with van der Waals surface area (Å²) >= 11 is 0. The maximum Gasteiger partial charge on any atom is 0.425 e. The largest absolute Gasteiger partial charge is 0.452 e. The standard InChI is InChI=1S/C13H15F2N3O2/c1-7-3-11(17-18-13(19)20-2)16-12(7)8-4-9(14)6-10(15)5-8/h4-7,12H,3H2,1-2H3,(H,16,17)(H,18,19). The Kier molecular flexibility index (Phi) is 4.16. The quantitative estimate of drug-likeness (QED) is 0.777. The summed E-state index contributed by atoms with van der Waals surface area (Å²) in [6.07, 6.45) is -0.0760. The molecule has 1 aromatic carbocycles. The van der Waals surface area contributed by atoms with Gasteiger partial charge in [0.05, 0.1) is 13.2 Å². The number of aliphatic imine (C=N–C) groups is 1. The first-order valence-corrected chi connectivity index (χ1v) is 6.12. The van der Waals surface area contributed by atoms with Gasteiger partial charge in [0.1, 0.15) is 17.5 Å². The van der Waals surface area contributed by atoms with Gasteiger partial charge in [0.25, 0.3) is 0 Å². The Balaban J connectivity index is 2.11. The van der Waals surface area contributed by atoms with Crippen molar-refractivity contribution >= 4 is 11.9 Å². The van der Waals surface area contributed by atoms with Crippen LogP contribution < -0.4 is 10.9 Å². The van der Waals surface area contributed by atoms with Gasteiger partial charge in [-0.3, -0.25) is 10.4 Å². The number of ether oxygens (including phenoxy) is 1. The van der Waals surface area contributed by atoms with Crippen LogP contribution in [0.1, 0.15) is 24.9 Å². The van der Waals surface area contributed by atoms with E-state index in [0.29, 0.717) is 17.8 Å². The monoisotopic (exact) mass is 283 g/mol. The van der Waals surface area contributed by atoms with E-state index < -0.39 is 17.7 Å². The van der Waals surface area contributed by atoms with Crippen LogP contribution >= 0.6 is 0 Å². The second-order valence-corrected chi connectivity index (χ2v) is 4.65. The lowest BCUT2D eigenvalue weighted by molar-refractivity contribution is 0.168. The number of hydrazine groups is 1. The fraction of sp³-hybridized carbons (Fsp3) is 0.385. The maximum atomic E-state index is 13.2. The van der Waals surface area contributed by atoms with E-state index in [-0.39, 0.29) is 12.0 Å². The van der Waals surface area contributed by atoms with Gasteiger partial charge in [0.2, 0.25) is 0 Å². The fourth-order valence-corrected chi connectivity index (χ4v) is 2.17.